The zero-order valence-electron chi connectivity index (χ0n) is 16.8. The highest BCUT2D eigenvalue weighted by molar-refractivity contribution is 7.17. The van der Waals surface area contributed by atoms with Crippen molar-refractivity contribution >= 4 is 62.3 Å². The standard InChI is InChI=1S/C23H14Cl2N2O4S/c1-10-21(11(2)28)32-23(26-10)27-18(12-7-8-14(24)15(25)9-12)17-19(29)13-5-3-4-6-16(13)31-20(17)22(27)30/h3-9,18H,1-2H3/t18-/m0/s1. The Kier molecular flexibility index (Phi) is 4.93. The number of fused-ring (bicyclic) bond motifs is 2. The number of ketones is 1. The third-order valence-electron chi connectivity index (χ3n) is 5.35. The van der Waals surface area contributed by atoms with Gasteiger partial charge in [0.2, 0.25) is 5.76 Å². The van der Waals surface area contributed by atoms with Gasteiger partial charge in [0.1, 0.15) is 5.58 Å². The SMILES string of the molecule is CC(=O)c1sc(N2C(=O)c3oc4ccccc4c(=O)c3[C@@H]2c2ccc(Cl)c(Cl)c2)nc1C. The largest absolute Gasteiger partial charge is 0.450 e. The van der Waals surface area contributed by atoms with E-state index >= 15 is 0 Å². The molecule has 6 nitrogen and oxygen atoms in total. The minimum absolute atomic E-state index is 0.0537. The van der Waals surface area contributed by atoms with Gasteiger partial charge >= 0.3 is 0 Å². The molecule has 0 radical (unpaired) electrons. The summed E-state index contributed by atoms with van der Waals surface area (Å²) in [5.41, 5.74) is 1.29. The molecule has 9 heteroatoms. The van der Waals surface area contributed by atoms with E-state index in [9.17, 15) is 14.4 Å². The highest BCUT2D eigenvalue weighted by atomic mass is 35.5. The van der Waals surface area contributed by atoms with Gasteiger partial charge in [-0.05, 0) is 36.8 Å². The maximum Gasteiger partial charge on any atom is 0.297 e. The molecule has 0 saturated carbocycles. The van der Waals surface area contributed by atoms with Crippen molar-refractivity contribution in [2.75, 3.05) is 4.90 Å². The quantitative estimate of drug-likeness (QED) is 0.342. The lowest BCUT2D eigenvalue weighted by atomic mass is 9.99. The lowest BCUT2D eigenvalue weighted by molar-refractivity contribution is 0.0969. The minimum atomic E-state index is -0.835. The number of thiazole rings is 1. The Morgan fingerprint density at radius 3 is 2.56 bits per heavy atom. The van der Waals surface area contributed by atoms with Gasteiger partial charge in [-0.15, -0.1) is 0 Å². The van der Waals surface area contributed by atoms with Crippen LogP contribution >= 0.6 is 34.5 Å². The van der Waals surface area contributed by atoms with Crippen molar-refractivity contribution in [3.8, 4) is 0 Å². The van der Waals surface area contributed by atoms with Gasteiger partial charge in [-0.2, -0.15) is 0 Å². The van der Waals surface area contributed by atoms with E-state index in [2.05, 4.69) is 4.98 Å². The Labute approximate surface area is 196 Å². The predicted octanol–water partition coefficient (Wildman–Crippen LogP) is 5.82. The van der Waals surface area contributed by atoms with Gasteiger partial charge in [0.15, 0.2) is 16.3 Å². The second-order valence-corrected chi connectivity index (χ2v) is 9.18. The predicted molar refractivity (Wildman–Crippen MR) is 124 cm³/mol. The fraction of sp³-hybridized carbons (Fsp3) is 0.130. The van der Waals surface area contributed by atoms with Crippen LogP contribution in [-0.2, 0) is 0 Å². The van der Waals surface area contributed by atoms with Crippen molar-refractivity contribution < 1.29 is 14.0 Å². The second-order valence-electron chi connectivity index (χ2n) is 7.39. The fourth-order valence-electron chi connectivity index (χ4n) is 3.93. The van der Waals surface area contributed by atoms with Crippen molar-refractivity contribution in [3.05, 3.63) is 90.2 Å². The highest BCUT2D eigenvalue weighted by Gasteiger charge is 2.45. The third-order valence-corrected chi connectivity index (χ3v) is 7.34. The average Bonchev–Trinajstić information content (AvgIpc) is 3.28. The van der Waals surface area contributed by atoms with Gasteiger partial charge in [-0.3, -0.25) is 19.3 Å². The van der Waals surface area contributed by atoms with Crippen molar-refractivity contribution in [3.63, 3.8) is 0 Å². The van der Waals surface area contributed by atoms with Crippen LogP contribution in [0.3, 0.4) is 0 Å². The number of hydrogen-bond donors (Lipinski definition) is 0. The molecule has 0 spiro atoms. The molecule has 0 saturated heterocycles. The van der Waals surface area contributed by atoms with E-state index < -0.39 is 11.9 Å². The van der Waals surface area contributed by atoms with E-state index in [0.29, 0.717) is 37.3 Å². The van der Waals surface area contributed by atoms with Crippen LogP contribution in [0.15, 0.2) is 51.7 Å². The van der Waals surface area contributed by atoms with E-state index in [4.69, 9.17) is 27.6 Å². The molecule has 160 valence electrons. The Morgan fingerprint density at radius 2 is 1.88 bits per heavy atom. The lowest BCUT2D eigenvalue weighted by Crippen LogP contribution is -2.29. The highest BCUT2D eigenvalue weighted by Crippen LogP contribution is 2.44. The van der Waals surface area contributed by atoms with E-state index in [0.717, 1.165) is 11.3 Å². The first-order chi connectivity index (χ1) is 15.3. The summed E-state index contributed by atoms with van der Waals surface area (Å²) in [6, 6.07) is 10.9. The molecular formula is C23H14Cl2N2O4S. The number of para-hydroxylation sites is 1. The number of carbonyl (C=O) groups is 2. The van der Waals surface area contributed by atoms with E-state index in [1.54, 1.807) is 49.4 Å². The lowest BCUT2D eigenvalue weighted by Gasteiger charge is -2.22. The molecule has 5 rings (SSSR count). The fourth-order valence-corrected chi connectivity index (χ4v) is 5.22. The van der Waals surface area contributed by atoms with Crippen LogP contribution in [-0.4, -0.2) is 16.7 Å². The van der Waals surface area contributed by atoms with Crippen LogP contribution in [0.5, 0.6) is 0 Å². The number of amides is 1. The summed E-state index contributed by atoms with van der Waals surface area (Å²) in [7, 11) is 0. The molecule has 2 aromatic heterocycles. The number of nitrogens with zero attached hydrogens (tertiary/aromatic N) is 2. The molecule has 0 N–H and O–H groups in total. The number of Topliss-reactive ketones (excluding diaryl/α,β-unsaturated/α-hetero) is 1. The molecule has 32 heavy (non-hydrogen) atoms. The van der Waals surface area contributed by atoms with Gasteiger partial charge in [-0.1, -0.05) is 52.7 Å². The number of aryl methyl sites for hydroxylation is 1. The van der Waals surface area contributed by atoms with Crippen molar-refractivity contribution in [2.24, 2.45) is 0 Å². The van der Waals surface area contributed by atoms with Gasteiger partial charge in [-0.25, -0.2) is 4.98 Å². The molecule has 1 atom stereocenters. The zero-order valence-corrected chi connectivity index (χ0v) is 19.1. The summed E-state index contributed by atoms with van der Waals surface area (Å²) >= 11 is 13.5. The number of halogens is 2. The average molecular weight is 485 g/mol. The van der Waals surface area contributed by atoms with Crippen LogP contribution in [0.2, 0.25) is 10.0 Å². The molecule has 2 aromatic carbocycles. The van der Waals surface area contributed by atoms with Crippen LogP contribution in [0.1, 0.15) is 50.0 Å². The van der Waals surface area contributed by atoms with Gasteiger partial charge in [0.25, 0.3) is 5.91 Å². The Bertz CT molecular complexity index is 1510. The molecule has 0 aliphatic carbocycles. The molecule has 3 heterocycles. The van der Waals surface area contributed by atoms with Crippen LogP contribution in [0, 0.1) is 6.92 Å². The smallest absolute Gasteiger partial charge is 0.297 e. The van der Waals surface area contributed by atoms with Crippen molar-refractivity contribution in [1.29, 1.82) is 0 Å². The summed E-state index contributed by atoms with van der Waals surface area (Å²) in [6.07, 6.45) is 0. The molecule has 0 unspecified atom stereocenters. The minimum Gasteiger partial charge on any atom is -0.450 e. The maximum atomic E-state index is 13.5. The summed E-state index contributed by atoms with van der Waals surface area (Å²) < 4.78 is 5.90. The first-order valence-electron chi connectivity index (χ1n) is 9.60. The van der Waals surface area contributed by atoms with E-state index in [-0.39, 0.29) is 27.6 Å². The van der Waals surface area contributed by atoms with Crippen LogP contribution in [0.25, 0.3) is 11.0 Å². The number of rotatable bonds is 3. The Hall–Kier alpha value is -3.00. The summed E-state index contributed by atoms with van der Waals surface area (Å²) in [5.74, 6) is -0.716. The summed E-state index contributed by atoms with van der Waals surface area (Å²) in [6.45, 7) is 3.15. The molecule has 4 aromatic rings. The molecule has 0 bridgehead atoms. The molecule has 1 amide bonds. The number of hydrogen-bond acceptors (Lipinski definition) is 6. The third kappa shape index (κ3) is 3.08. The Morgan fingerprint density at radius 1 is 1.12 bits per heavy atom. The number of benzene rings is 2. The van der Waals surface area contributed by atoms with E-state index in [1.807, 2.05) is 0 Å². The summed E-state index contributed by atoms with van der Waals surface area (Å²) in [5, 5.41) is 1.30. The first kappa shape index (κ1) is 20.9. The number of aromatic nitrogens is 1. The normalized spacial score (nSPS) is 15.4. The van der Waals surface area contributed by atoms with Gasteiger partial charge in [0, 0.05) is 6.92 Å². The molecular weight excluding hydrogens is 471 g/mol. The molecule has 1 aliphatic rings. The van der Waals surface area contributed by atoms with Gasteiger partial charge < -0.3 is 4.42 Å². The van der Waals surface area contributed by atoms with Crippen LogP contribution < -0.4 is 10.3 Å². The molecule has 0 fully saturated rings. The van der Waals surface area contributed by atoms with Gasteiger partial charge in [0.05, 0.1) is 37.6 Å². The molecule has 1 aliphatic heterocycles. The number of anilines is 1. The van der Waals surface area contributed by atoms with Crippen molar-refractivity contribution in [2.45, 2.75) is 19.9 Å². The van der Waals surface area contributed by atoms with Crippen molar-refractivity contribution in [1.82, 2.24) is 4.98 Å². The second kappa shape index (κ2) is 7.55. The Balaban J connectivity index is 1.81. The maximum absolute atomic E-state index is 13.5. The van der Waals surface area contributed by atoms with Crippen LogP contribution in [0.4, 0.5) is 5.13 Å². The zero-order chi connectivity index (χ0) is 22.7. The topological polar surface area (TPSA) is 80.5 Å². The first-order valence-corrected chi connectivity index (χ1v) is 11.2. The summed E-state index contributed by atoms with van der Waals surface area (Å²) in [4.78, 5) is 45.3. The number of carbonyl (C=O) groups excluding carboxylic acids is 2. The van der Waals surface area contributed by atoms with E-state index in [1.165, 1.54) is 11.8 Å². The monoisotopic (exact) mass is 484 g/mol.